The molecule has 1 heterocycles. The first-order chi connectivity index (χ1) is 9.70. The number of imide groups is 1. The Morgan fingerprint density at radius 3 is 2.30 bits per heavy atom. The zero-order valence-corrected chi connectivity index (χ0v) is 13.2. The zero-order chi connectivity index (χ0) is 14.8. The van der Waals surface area contributed by atoms with Crippen molar-refractivity contribution in [3.8, 4) is 0 Å². The minimum atomic E-state index is -0.297. The van der Waals surface area contributed by atoms with E-state index in [-0.39, 0.29) is 11.8 Å². The van der Waals surface area contributed by atoms with E-state index in [1.54, 1.807) is 0 Å². The summed E-state index contributed by atoms with van der Waals surface area (Å²) in [7, 11) is 0. The molecular weight excluding hydrogens is 272 g/mol. The summed E-state index contributed by atoms with van der Waals surface area (Å²) in [5, 5.41) is 5.36. The number of nitrogens with one attached hydrogen (secondary N) is 2. The lowest BCUT2D eigenvalue weighted by atomic mass is 10.0. The van der Waals surface area contributed by atoms with Crippen LogP contribution in [0.15, 0.2) is 11.3 Å². The summed E-state index contributed by atoms with van der Waals surface area (Å²) >= 11 is 4.10. The average molecular weight is 298 g/mol. The minimum Gasteiger partial charge on any atom is -0.379 e. The average Bonchev–Trinajstić information content (AvgIpc) is 2.70. The third-order valence-corrected chi connectivity index (χ3v) is 3.70. The van der Waals surface area contributed by atoms with Crippen LogP contribution < -0.4 is 10.6 Å². The van der Waals surface area contributed by atoms with Gasteiger partial charge in [0.15, 0.2) is 0 Å². The molecule has 2 N–H and O–H groups in total. The molecule has 0 saturated heterocycles. The number of hydrogen-bond donors (Lipinski definition) is 3. The van der Waals surface area contributed by atoms with E-state index in [2.05, 4.69) is 30.2 Å². The second kappa shape index (κ2) is 9.86. The smallest absolute Gasteiger partial charge is 0.274 e. The lowest BCUT2D eigenvalue weighted by Crippen LogP contribution is -2.27. The van der Waals surface area contributed by atoms with Crippen molar-refractivity contribution >= 4 is 24.4 Å². The highest BCUT2D eigenvalue weighted by atomic mass is 32.1. The topological polar surface area (TPSA) is 58.2 Å². The van der Waals surface area contributed by atoms with Crippen molar-refractivity contribution in [2.24, 2.45) is 0 Å². The predicted molar refractivity (Wildman–Crippen MR) is 84.6 cm³/mol. The van der Waals surface area contributed by atoms with E-state index in [9.17, 15) is 9.59 Å². The van der Waals surface area contributed by atoms with Gasteiger partial charge in [0.1, 0.15) is 5.70 Å². The number of amides is 2. The second-order valence-electron chi connectivity index (χ2n) is 5.16. The van der Waals surface area contributed by atoms with Crippen molar-refractivity contribution < 1.29 is 9.59 Å². The number of hydrogen-bond acceptors (Lipinski definition) is 4. The number of unbranched alkanes of at least 4 members (excludes halogenated alkanes) is 6. The Morgan fingerprint density at radius 2 is 1.65 bits per heavy atom. The van der Waals surface area contributed by atoms with Gasteiger partial charge < -0.3 is 5.32 Å². The molecule has 0 saturated carbocycles. The Kier molecular flexibility index (Phi) is 8.42. The molecule has 0 atom stereocenters. The molecule has 20 heavy (non-hydrogen) atoms. The largest absolute Gasteiger partial charge is 0.379 e. The molecule has 0 bridgehead atoms. The summed E-state index contributed by atoms with van der Waals surface area (Å²) in [5.74, 6) is 0.104. The van der Waals surface area contributed by atoms with Crippen LogP contribution in [-0.4, -0.2) is 24.1 Å². The Labute approximate surface area is 127 Å². The summed E-state index contributed by atoms with van der Waals surface area (Å²) in [6.07, 6.45) is 9.11. The molecule has 114 valence electrons. The monoisotopic (exact) mass is 298 g/mol. The predicted octanol–water partition coefficient (Wildman–Crippen LogP) is 2.56. The van der Waals surface area contributed by atoms with Gasteiger partial charge in [0.25, 0.3) is 11.8 Å². The number of carbonyl (C=O) groups is 2. The van der Waals surface area contributed by atoms with Crippen LogP contribution in [-0.2, 0) is 9.59 Å². The molecule has 1 aliphatic rings. The first-order valence-electron chi connectivity index (χ1n) is 7.64. The Morgan fingerprint density at radius 1 is 1.00 bits per heavy atom. The maximum absolute atomic E-state index is 11.7. The molecule has 0 aromatic heterocycles. The van der Waals surface area contributed by atoms with Crippen LogP contribution in [0.1, 0.15) is 58.3 Å². The lowest BCUT2D eigenvalue weighted by molar-refractivity contribution is -0.124. The summed E-state index contributed by atoms with van der Waals surface area (Å²) in [6, 6.07) is 0. The van der Waals surface area contributed by atoms with Gasteiger partial charge in [-0.25, -0.2) is 0 Å². The quantitative estimate of drug-likeness (QED) is 0.312. The molecule has 2 amide bonds. The van der Waals surface area contributed by atoms with Gasteiger partial charge >= 0.3 is 0 Å². The molecule has 5 heteroatoms. The minimum absolute atomic E-state index is 0.234. The van der Waals surface area contributed by atoms with E-state index in [0.717, 1.165) is 12.8 Å². The molecule has 1 aliphatic heterocycles. The summed E-state index contributed by atoms with van der Waals surface area (Å²) < 4.78 is 0. The molecule has 4 nitrogen and oxygen atoms in total. The Balaban J connectivity index is 2.33. The highest BCUT2D eigenvalue weighted by Gasteiger charge is 2.29. The fraction of sp³-hybridized carbons (Fsp3) is 0.733. The summed E-state index contributed by atoms with van der Waals surface area (Å²) in [6.45, 7) is 2.81. The second-order valence-corrected chi connectivity index (χ2v) is 5.61. The van der Waals surface area contributed by atoms with Crippen LogP contribution in [0.4, 0.5) is 0 Å². The van der Waals surface area contributed by atoms with Gasteiger partial charge in [-0.3, -0.25) is 14.9 Å². The molecule has 0 unspecified atom stereocenters. The fourth-order valence-electron chi connectivity index (χ4n) is 2.36. The maximum Gasteiger partial charge on any atom is 0.274 e. The van der Waals surface area contributed by atoms with E-state index in [1.807, 2.05) is 0 Å². The number of thiol groups is 1. The molecular formula is C15H26N2O2S. The van der Waals surface area contributed by atoms with Gasteiger partial charge in [-0.05, 0) is 12.8 Å². The fourth-order valence-corrected chi connectivity index (χ4v) is 2.47. The van der Waals surface area contributed by atoms with Gasteiger partial charge in [0, 0.05) is 17.9 Å². The van der Waals surface area contributed by atoms with Crippen molar-refractivity contribution in [1.82, 2.24) is 10.6 Å². The first-order valence-corrected chi connectivity index (χ1v) is 8.27. The Bertz CT molecular complexity index is 367. The summed E-state index contributed by atoms with van der Waals surface area (Å²) in [5.41, 5.74) is 1.07. The molecule has 1 rings (SSSR count). The van der Waals surface area contributed by atoms with Gasteiger partial charge in [0.05, 0.1) is 0 Å². The SMILES string of the molecule is CCCCCCCCCC1=C(NCCS)C(=O)NC1=O. The van der Waals surface area contributed by atoms with Gasteiger partial charge in [-0.15, -0.1) is 0 Å². The maximum atomic E-state index is 11.7. The third-order valence-electron chi connectivity index (χ3n) is 3.47. The van der Waals surface area contributed by atoms with Crippen LogP contribution in [0.3, 0.4) is 0 Å². The van der Waals surface area contributed by atoms with E-state index < -0.39 is 0 Å². The molecule has 0 aromatic carbocycles. The zero-order valence-electron chi connectivity index (χ0n) is 12.3. The highest BCUT2D eigenvalue weighted by Crippen LogP contribution is 2.18. The standard InChI is InChI=1S/C15H26N2O2S/c1-2-3-4-5-6-7-8-9-12-13(16-10-11-20)15(19)17-14(12)18/h20H,2-11H2,1H3,(H2,16,17,18,19). The van der Waals surface area contributed by atoms with Crippen LogP contribution in [0.25, 0.3) is 0 Å². The van der Waals surface area contributed by atoms with E-state index in [0.29, 0.717) is 30.0 Å². The number of rotatable bonds is 11. The van der Waals surface area contributed by atoms with Gasteiger partial charge in [0.2, 0.25) is 0 Å². The van der Waals surface area contributed by atoms with Gasteiger partial charge in [-0.1, -0.05) is 45.4 Å². The molecule has 0 spiro atoms. The lowest BCUT2D eigenvalue weighted by Gasteiger charge is -2.06. The van der Waals surface area contributed by atoms with E-state index in [4.69, 9.17) is 0 Å². The van der Waals surface area contributed by atoms with Crippen molar-refractivity contribution in [1.29, 1.82) is 0 Å². The van der Waals surface area contributed by atoms with Crippen molar-refractivity contribution in [2.45, 2.75) is 58.3 Å². The molecule has 0 aliphatic carbocycles. The Hall–Kier alpha value is -0.970. The van der Waals surface area contributed by atoms with Crippen LogP contribution >= 0.6 is 12.6 Å². The van der Waals surface area contributed by atoms with E-state index in [1.165, 1.54) is 32.1 Å². The molecule has 0 radical (unpaired) electrons. The van der Waals surface area contributed by atoms with Crippen LogP contribution in [0.2, 0.25) is 0 Å². The van der Waals surface area contributed by atoms with Gasteiger partial charge in [-0.2, -0.15) is 12.6 Å². The molecule has 0 aromatic rings. The van der Waals surface area contributed by atoms with Crippen molar-refractivity contribution in [3.05, 3.63) is 11.3 Å². The van der Waals surface area contributed by atoms with Crippen molar-refractivity contribution in [3.63, 3.8) is 0 Å². The summed E-state index contributed by atoms with van der Waals surface area (Å²) in [4.78, 5) is 23.3. The third kappa shape index (κ3) is 5.57. The first kappa shape index (κ1) is 17.1. The van der Waals surface area contributed by atoms with Crippen molar-refractivity contribution in [2.75, 3.05) is 12.3 Å². The highest BCUT2D eigenvalue weighted by molar-refractivity contribution is 7.80. The van der Waals surface area contributed by atoms with Crippen LogP contribution in [0, 0.1) is 0 Å². The number of carbonyl (C=O) groups excluding carboxylic acids is 2. The molecule has 0 fully saturated rings. The van der Waals surface area contributed by atoms with Crippen LogP contribution in [0.5, 0.6) is 0 Å². The van der Waals surface area contributed by atoms with E-state index >= 15 is 0 Å². The normalized spacial score (nSPS) is 14.9.